The Morgan fingerprint density at radius 3 is 2.86 bits per heavy atom. The number of nitrogens with zero attached hydrogens (tertiary/aromatic N) is 5. The molecule has 8 nitrogen and oxygen atoms in total. The number of rotatable bonds is 5. The molecular weight excluding hydrogens is 356 g/mol. The summed E-state index contributed by atoms with van der Waals surface area (Å²) in [5, 5.41) is 11.7. The first-order chi connectivity index (χ1) is 13.7. The van der Waals surface area contributed by atoms with Gasteiger partial charge in [0.2, 0.25) is 0 Å². The molecule has 0 bridgehead atoms. The number of aromatic nitrogens is 5. The maximum atomic E-state index is 12.6. The number of carbonyl (C=O) groups excluding carboxylic acids is 1. The molecular formula is C20H24N6O2. The summed E-state index contributed by atoms with van der Waals surface area (Å²) in [7, 11) is 0. The van der Waals surface area contributed by atoms with E-state index < -0.39 is 0 Å². The molecule has 0 aliphatic heterocycles. The minimum Gasteiger partial charge on any atom is -0.361 e. The van der Waals surface area contributed by atoms with Crippen LogP contribution < -0.4 is 5.32 Å². The largest absolute Gasteiger partial charge is 0.361 e. The molecule has 1 saturated carbocycles. The first-order valence-corrected chi connectivity index (χ1v) is 9.72. The Morgan fingerprint density at radius 2 is 2.14 bits per heavy atom. The topological polar surface area (TPSA) is 98.7 Å². The second-order valence-electron chi connectivity index (χ2n) is 7.20. The molecule has 3 aromatic heterocycles. The van der Waals surface area contributed by atoms with Crippen molar-refractivity contribution in [2.45, 2.75) is 58.0 Å². The lowest BCUT2D eigenvalue weighted by Gasteiger charge is -2.29. The van der Waals surface area contributed by atoms with E-state index in [1.165, 1.54) is 0 Å². The second-order valence-corrected chi connectivity index (χ2v) is 7.20. The van der Waals surface area contributed by atoms with E-state index >= 15 is 0 Å². The van der Waals surface area contributed by atoms with Crippen LogP contribution in [0.5, 0.6) is 0 Å². The number of carbonyl (C=O) groups is 1. The molecule has 3 aromatic rings. The van der Waals surface area contributed by atoms with Gasteiger partial charge in [0.1, 0.15) is 17.7 Å². The highest BCUT2D eigenvalue weighted by Crippen LogP contribution is 2.29. The van der Waals surface area contributed by atoms with Crippen molar-refractivity contribution in [3.63, 3.8) is 0 Å². The summed E-state index contributed by atoms with van der Waals surface area (Å²) < 4.78 is 7.20. The Morgan fingerprint density at radius 1 is 1.32 bits per heavy atom. The Kier molecular flexibility index (Phi) is 5.18. The van der Waals surface area contributed by atoms with Crippen LogP contribution in [0.4, 0.5) is 0 Å². The molecule has 1 N–H and O–H groups in total. The maximum Gasteiger partial charge on any atom is 0.257 e. The molecule has 1 aliphatic carbocycles. The molecule has 146 valence electrons. The normalized spacial score (nSPS) is 19.5. The molecule has 1 amide bonds. The van der Waals surface area contributed by atoms with Gasteiger partial charge >= 0.3 is 0 Å². The molecule has 1 aliphatic rings. The number of amides is 1. The van der Waals surface area contributed by atoms with Gasteiger partial charge < -0.3 is 9.84 Å². The Balaban J connectivity index is 1.35. The van der Waals surface area contributed by atoms with Crippen LogP contribution in [0, 0.1) is 6.92 Å². The van der Waals surface area contributed by atoms with Gasteiger partial charge in [0.25, 0.3) is 5.91 Å². The van der Waals surface area contributed by atoms with Crippen LogP contribution in [0.3, 0.4) is 0 Å². The molecule has 3 heterocycles. The van der Waals surface area contributed by atoms with E-state index in [2.05, 4.69) is 25.5 Å². The van der Waals surface area contributed by atoms with Gasteiger partial charge in [-0.1, -0.05) is 12.1 Å². The summed E-state index contributed by atoms with van der Waals surface area (Å²) in [5.41, 5.74) is 3.18. The summed E-state index contributed by atoms with van der Waals surface area (Å²) in [6, 6.07) is 2.39. The SMILES string of the molecule is CCc1noc(C)c1C(=O)NC1CCC(n2cc(-c3ccncn3)cn2)CC1. The van der Waals surface area contributed by atoms with E-state index in [0.717, 1.165) is 42.6 Å². The zero-order valence-corrected chi connectivity index (χ0v) is 16.1. The summed E-state index contributed by atoms with van der Waals surface area (Å²) in [6.07, 6.45) is 11.6. The molecule has 28 heavy (non-hydrogen) atoms. The highest BCUT2D eigenvalue weighted by molar-refractivity contribution is 5.96. The average molecular weight is 380 g/mol. The molecule has 0 aromatic carbocycles. The van der Waals surface area contributed by atoms with Gasteiger partial charge in [-0.25, -0.2) is 9.97 Å². The molecule has 4 rings (SSSR count). The standard InChI is InChI=1S/C20H24N6O2/c1-3-17-19(13(2)28-25-17)20(27)24-15-4-6-16(7-5-15)26-11-14(10-23-26)18-8-9-21-12-22-18/h8-12,15-16H,3-7H2,1-2H3,(H,24,27). The van der Waals surface area contributed by atoms with Crippen molar-refractivity contribution in [1.82, 2.24) is 30.2 Å². The lowest BCUT2D eigenvalue weighted by molar-refractivity contribution is 0.0919. The van der Waals surface area contributed by atoms with E-state index in [9.17, 15) is 4.79 Å². The number of hydrogen-bond acceptors (Lipinski definition) is 6. The predicted octanol–water partition coefficient (Wildman–Crippen LogP) is 3.11. The molecule has 0 atom stereocenters. The predicted molar refractivity (Wildman–Crippen MR) is 103 cm³/mol. The lowest BCUT2D eigenvalue weighted by Crippen LogP contribution is -2.38. The Labute approximate surface area is 163 Å². The van der Waals surface area contributed by atoms with Gasteiger partial charge in [-0.3, -0.25) is 9.48 Å². The molecule has 8 heteroatoms. The van der Waals surface area contributed by atoms with E-state index in [-0.39, 0.29) is 11.9 Å². The minimum absolute atomic E-state index is 0.0795. The molecule has 0 unspecified atom stereocenters. The number of nitrogens with one attached hydrogen (secondary N) is 1. The van der Waals surface area contributed by atoms with Gasteiger partial charge in [0.05, 0.1) is 23.6 Å². The average Bonchev–Trinajstić information content (AvgIpc) is 3.36. The van der Waals surface area contributed by atoms with Crippen molar-refractivity contribution in [3.8, 4) is 11.3 Å². The smallest absolute Gasteiger partial charge is 0.257 e. The van der Waals surface area contributed by atoms with E-state index in [1.54, 1.807) is 19.4 Å². The monoisotopic (exact) mass is 380 g/mol. The highest BCUT2D eigenvalue weighted by Gasteiger charge is 2.27. The summed E-state index contributed by atoms with van der Waals surface area (Å²) in [4.78, 5) is 20.9. The van der Waals surface area contributed by atoms with Crippen LogP contribution in [0.1, 0.15) is 60.5 Å². The van der Waals surface area contributed by atoms with Crippen LogP contribution in [-0.2, 0) is 6.42 Å². The van der Waals surface area contributed by atoms with Crippen molar-refractivity contribution in [2.24, 2.45) is 0 Å². The first-order valence-electron chi connectivity index (χ1n) is 9.72. The minimum atomic E-state index is -0.0795. The van der Waals surface area contributed by atoms with E-state index in [4.69, 9.17) is 4.52 Å². The lowest BCUT2D eigenvalue weighted by atomic mass is 9.91. The van der Waals surface area contributed by atoms with Gasteiger partial charge in [-0.15, -0.1) is 0 Å². The number of hydrogen-bond donors (Lipinski definition) is 1. The van der Waals surface area contributed by atoms with Crippen LogP contribution in [-0.4, -0.2) is 36.9 Å². The fourth-order valence-corrected chi connectivity index (χ4v) is 3.82. The quantitative estimate of drug-likeness (QED) is 0.730. The van der Waals surface area contributed by atoms with Crippen molar-refractivity contribution in [1.29, 1.82) is 0 Å². The third kappa shape index (κ3) is 3.67. The van der Waals surface area contributed by atoms with Gasteiger partial charge in [0, 0.05) is 24.0 Å². The highest BCUT2D eigenvalue weighted by atomic mass is 16.5. The Bertz CT molecular complexity index is 941. The van der Waals surface area contributed by atoms with Gasteiger partial charge in [-0.2, -0.15) is 5.10 Å². The third-order valence-corrected chi connectivity index (χ3v) is 5.38. The van der Waals surface area contributed by atoms with Crippen LogP contribution in [0.2, 0.25) is 0 Å². The van der Waals surface area contributed by atoms with Crippen molar-refractivity contribution >= 4 is 5.91 Å². The van der Waals surface area contributed by atoms with E-state index in [0.29, 0.717) is 23.8 Å². The van der Waals surface area contributed by atoms with Crippen LogP contribution in [0.25, 0.3) is 11.3 Å². The van der Waals surface area contributed by atoms with Gasteiger partial charge in [-0.05, 0) is 45.1 Å². The fourth-order valence-electron chi connectivity index (χ4n) is 3.82. The summed E-state index contributed by atoms with van der Waals surface area (Å²) in [6.45, 7) is 3.75. The van der Waals surface area contributed by atoms with Gasteiger partial charge in [0.15, 0.2) is 0 Å². The third-order valence-electron chi connectivity index (χ3n) is 5.38. The van der Waals surface area contributed by atoms with Crippen molar-refractivity contribution < 1.29 is 9.32 Å². The number of aryl methyl sites for hydroxylation is 2. The summed E-state index contributed by atoms with van der Waals surface area (Å²) in [5.74, 6) is 0.501. The first kappa shape index (κ1) is 18.3. The second kappa shape index (κ2) is 7.92. The van der Waals surface area contributed by atoms with Crippen LogP contribution in [0.15, 0.2) is 35.5 Å². The van der Waals surface area contributed by atoms with E-state index in [1.807, 2.05) is 30.1 Å². The fraction of sp³-hybridized carbons (Fsp3) is 0.450. The van der Waals surface area contributed by atoms with Crippen molar-refractivity contribution in [2.75, 3.05) is 0 Å². The Hall–Kier alpha value is -3.03. The maximum absolute atomic E-state index is 12.6. The van der Waals surface area contributed by atoms with Crippen LogP contribution >= 0.6 is 0 Å². The zero-order chi connectivity index (χ0) is 19.5. The molecule has 0 radical (unpaired) electrons. The zero-order valence-electron chi connectivity index (χ0n) is 16.1. The summed E-state index contributed by atoms with van der Waals surface area (Å²) >= 11 is 0. The molecule has 0 spiro atoms. The van der Waals surface area contributed by atoms with Crippen molar-refractivity contribution in [3.05, 3.63) is 48.0 Å². The molecule has 0 saturated heterocycles. The molecule has 1 fully saturated rings.